The van der Waals surface area contributed by atoms with Crippen molar-refractivity contribution in [2.45, 2.75) is 37.7 Å². The summed E-state index contributed by atoms with van der Waals surface area (Å²) >= 11 is 0. The van der Waals surface area contributed by atoms with Crippen LogP contribution in [0, 0.1) is 5.41 Å². The highest BCUT2D eigenvalue weighted by Gasteiger charge is 2.46. The van der Waals surface area contributed by atoms with Gasteiger partial charge in [-0.3, -0.25) is 9.69 Å². The zero-order chi connectivity index (χ0) is 23.7. The molecule has 2 aromatic carbocycles. The summed E-state index contributed by atoms with van der Waals surface area (Å²) in [6, 6.07) is 12.7. The molecule has 0 bridgehead atoms. The first-order chi connectivity index (χ1) is 16.4. The lowest BCUT2D eigenvalue weighted by Crippen LogP contribution is -2.46. The largest absolute Gasteiger partial charge is 0.492 e. The van der Waals surface area contributed by atoms with Crippen molar-refractivity contribution in [3.63, 3.8) is 0 Å². The van der Waals surface area contributed by atoms with Crippen LogP contribution in [-0.2, 0) is 6.54 Å². The van der Waals surface area contributed by atoms with E-state index in [4.69, 9.17) is 14.2 Å². The van der Waals surface area contributed by atoms with E-state index in [1.807, 2.05) is 18.2 Å². The van der Waals surface area contributed by atoms with Crippen LogP contribution in [-0.4, -0.2) is 77.5 Å². The molecule has 1 fully saturated rings. The minimum atomic E-state index is -0.854. The summed E-state index contributed by atoms with van der Waals surface area (Å²) in [5.41, 5.74) is 0.812. The molecule has 34 heavy (non-hydrogen) atoms. The SMILES string of the molecule is O=C1NC[C@H](O)CN(Cc2ccc3c(c2)OCO3)CC2(COc3ccccc31)C[C@@H](O)[C@@H](O)C2. The fourth-order valence-electron chi connectivity index (χ4n) is 5.17. The topological polar surface area (TPSA) is 121 Å². The Morgan fingerprint density at radius 3 is 2.56 bits per heavy atom. The van der Waals surface area contributed by atoms with E-state index in [9.17, 15) is 20.1 Å². The van der Waals surface area contributed by atoms with Gasteiger partial charge in [0, 0.05) is 31.6 Å². The van der Waals surface area contributed by atoms with Gasteiger partial charge in [-0.15, -0.1) is 0 Å². The van der Waals surface area contributed by atoms with Crippen LogP contribution >= 0.6 is 0 Å². The van der Waals surface area contributed by atoms with Crippen molar-refractivity contribution < 1.29 is 34.3 Å². The Bertz CT molecular complexity index is 1040. The fourth-order valence-corrected chi connectivity index (χ4v) is 5.17. The number of nitrogens with zero attached hydrogens (tertiary/aromatic N) is 1. The quantitative estimate of drug-likeness (QED) is 0.511. The standard InChI is InChI=1S/C25H30N2O7/c28-17-10-26-24(31)18-3-1-2-4-21(18)32-14-25(8-19(29)20(30)9-25)13-27(12-17)11-16-5-6-22-23(7-16)34-15-33-22/h1-7,17,19-20,28-30H,8-15H2,(H,26,31)/t17-,19-,20+,25?/m0/s1. The molecule has 2 aromatic rings. The van der Waals surface area contributed by atoms with E-state index >= 15 is 0 Å². The van der Waals surface area contributed by atoms with E-state index < -0.39 is 23.7 Å². The average molecular weight is 471 g/mol. The third kappa shape index (κ3) is 4.83. The number of benzene rings is 2. The van der Waals surface area contributed by atoms with Crippen LogP contribution in [0.1, 0.15) is 28.8 Å². The lowest BCUT2D eigenvalue weighted by molar-refractivity contribution is 0.0400. The first-order valence-electron chi connectivity index (χ1n) is 11.6. The molecule has 9 nitrogen and oxygen atoms in total. The summed E-state index contributed by atoms with van der Waals surface area (Å²) in [6.07, 6.45) is -1.80. The molecule has 1 aliphatic carbocycles. The van der Waals surface area contributed by atoms with Crippen molar-refractivity contribution >= 4 is 5.91 Å². The van der Waals surface area contributed by atoms with Crippen molar-refractivity contribution in [3.8, 4) is 17.2 Å². The van der Waals surface area contributed by atoms with E-state index in [-0.39, 0.29) is 25.9 Å². The second-order valence-electron chi connectivity index (χ2n) is 9.55. The molecule has 1 spiro atoms. The van der Waals surface area contributed by atoms with Crippen LogP contribution < -0.4 is 19.5 Å². The van der Waals surface area contributed by atoms with Gasteiger partial charge in [-0.25, -0.2) is 0 Å². The summed E-state index contributed by atoms with van der Waals surface area (Å²) < 4.78 is 17.0. The molecule has 4 N–H and O–H groups in total. The van der Waals surface area contributed by atoms with Crippen LogP contribution in [0.4, 0.5) is 0 Å². The summed E-state index contributed by atoms with van der Waals surface area (Å²) in [5.74, 6) is 1.50. The predicted molar refractivity (Wildman–Crippen MR) is 122 cm³/mol. The number of amides is 1. The molecule has 1 saturated carbocycles. The van der Waals surface area contributed by atoms with Crippen molar-refractivity contribution in [2.24, 2.45) is 5.41 Å². The molecule has 2 heterocycles. The van der Waals surface area contributed by atoms with Gasteiger partial charge >= 0.3 is 0 Å². The van der Waals surface area contributed by atoms with Gasteiger partial charge in [-0.2, -0.15) is 0 Å². The van der Waals surface area contributed by atoms with Gasteiger partial charge in [0.25, 0.3) is 5.91 Å². The monoisotopic (exact) mass is 470 g/mol. The Hall–Kier alpha value is -2.85. The maximum atomic E-state index is 12.7. The van der Waals surface area contributed by atoms with Crippen molar-refractivity contribution in [2.75, 3.05) is 33.0 Å². The maximum Gasteiger partial charge on any atom is 0.255 e. The molecule has 1 amide bonds. The fraction of sp³-hybridized carbons (Fsp3) is 0.480. The summed E-state index contributed by atoms with van der Waals surface area (Å²) in [6.45, 7) is 1.79. The number of hydrogen-bond donors (Lipinski definition) is 4. The van der Waals surface area contributed by atoms with Gasteiger partial charge in [0.15, 0.2) is 11.5 Å². The van der Waals surface area contributed by atoms with Gasteiger partial charge in [-0.1, -0.05) is 18.2 Å². The van der Waals surface area contributed by atoms with E-state index in [0.29, 0.717) is 55.3 Å². The highest BCUT2D eigenvalue weighted by atomic mass is 16.7. The van der Waals surface area contributed by atoms with E-state index in [1.165, 1.54) is 0 Å². The van der Waals surface area contributed by atoms with Gasteiger partial charge in [0.2, 0.25) is 6.79 Å². The normalized spacial score (nSPS) is 29.6. The van der Waals surface area contributed by atoms with Gasteiger partial charge < -0.3 is 34.8 Å². The number of aliphatic hydroxyl groups excluding tert-OH is 3. The highest BCUT2D eigenvalue weighted by Crippen LogP contribution is 2.41. The van der Waals surface area contributed by atoms with E-state index in [2.05, 4.69) is 10.2 Å². The number of rotatable bonds is 2. The van der Waals surface area contributed by atoms with Gasteiger partial charge in [0.1, 0.15) is 5.75 Å². The van der Waals surface area contributed by atoms with Crippen LogP contribution in [0.3, 0.4) is 0 Å². The Labute approximate surface area is 197 Å². The predicted octanol–water partition coefficient (Wildman–Crippen LogP) is 0.903. The first kappa shape index (κ1) is 22.9. The van der Waals surface area contributed by atoms with E-state index in [0.717, 1.165) is 5.56 Å². The third-order valence-electron chi connectivity index (χ3n) is 6.76. The summed E-state index contributed by atoms with van der Waals surface area (Å²) in [7, 11) is 0. The molecule has 3 aliphatic rings. The average Bonchev–Trinajstić information content (AvgIpc) is 3.39. The second-order valence-corrected chi connectivity index (χ2v) is 9.55. The third-order valence-corrected chi connectivity index (χ3v) is 6.76. The number of nitrogens with one attached hydrogen (secondary N) is 1. The molecule has 5 rings (SSSR count). The minimum absolute atomic E-state index is 0.0864. The first-order valence-corrected chi connectivity index (χ1v) is 11.6. The molecule has 182 valence electrons. The van der Waals surface area contributed by atoms with Crippen LogP contribution in [0.15, 0.2) is 42.5 Å². The number of para-hydroxylation sites is 1. The smallest absolute Gasteiger partial charge is 0.255 e. The second kappa shape index (κ2) is 9.42. The molecule has 4 atom stereocenters. The molecular weight excluding hydrogens is 440 g/mol. The Balaban J connectivity index is 1.44. The number of β-amino-alcohol motifs (C(OH)–C–C–N with tert-alkyl or cyclic N) is 1. The summed E-state index contributed by atoms with van der Waals surface area (Å²) in [5, 5.41) is 34.4. The number of aliphatic hydroxyl groups is 3. The molecule has 0 aromatic heterocycles. The summed E-state index contributed by atoms with van der Waals surface area (Å²) in [4.78, 5) is 14.8. The van der Waals surface area contributed by atoms with Crippen LogP contribution in [0.2, 0.25) is 0 Å². The zero-order valence-corrected chi connectivity index (χ0v) is 18.9. The number of carbonyl (C=O) groups excluding carboxylic acids is 1. The number of ether oxygens (including phenoxy) is 3. The van der Waals surface area contributed by atoms with E-state index in [1.54, 1.807) is 24.3 Å². The maximum absolute atomic E-state index is 12.7. The Morgan fingerprint density at radius 1 is 0.971 bits per heavy atom. The van der Waals surface area contributed by atoms with Gasteiger partial charge in [0.05, 0.1) is 30.5 Å². The van der Waals surface area contributed by atoms with Crippen molar-refractivity contribution in [1.29, 1.82) is 0 Å². The molecule has 2 aliphatic heterocycles. The molecule has 9 heteroatoms. The molecular formula is C25H30N2O7. The minimum Gasteiger partial charge on any atom is -0.492 e. The molecule has 0 saturated heterocycles. The van der Waals surface area contributed by atoms with Crippen molar-refractivity contribution in [3.05, 3.63) is 53.6 Å². The van der Waals surface area contributed by atoms with Crippen LogP contribution in [0.5, 0.6) is 17.2 Å². The lowest BCUT2D eigenvalue weighted by Gasteiger charge is -2.37. The van der Waals surface area contributed by atoms with Crippen molar-refractivity contribution in [1.82, 2.24) is 10.2 Å². The zero-order valence-electron chi connectivity index (χ0n) is 18.9. The number of carbonyl (C=O) groups is 1. The van der Waals surface area contributed by atoms with Gasteiger partial charge in [-0.05, 0) is 42.7 Å². The molecule has 0 radical (unpaired) electrons. The highest BCUT2D eigenvalue weighted by molar-refractivity contribution is 5.96. The van der Waals surface area contributed by atoms with Crippen LogP contribution in [0.25, 0.3) is 0 Å². The number of fused-ring (bicyclic) bond motifs is 2. The molecule has 1 unspecified atom stereocenters. The Morgan fingerprint density at radius 2 is 1.74 bits per heavy atom. The Kier molecular flexibility index (Phi) is 6.35. The number of hydrogen-bond acceptors (Lipinski definition) is 8. The lowest BCUT2D eigenvalue weighted by atomic mass is 9.85.